The van der Waals surface area contributed by atoms with Crippen molar-refractivity contribution < 1.29 is 8.42 Å². The molecular formula is C21H28N4O2S. The summed E-state index contributed by atoms with van der Waals surface area (Å²) in [5.41, 5.74) is 2.53. The molecular weight excluding hydrogens is 372 g/mol. The molecule has 1 aromatic carbocycles. The molecule has 150 valence electrons. The second kappa shape index (κ2) is 8.09. The number of sulfonamides is 1. The molecule has 28 heavy (non-hydrogen) atoms. The minimum absolute atomic E-state index is 0.302. The zero-order valence-electron chi connectivity index (χ0n) is 16.4. The van der Waals surface area contributed by atoms with Gasteiger partial charge in [0, 0.05) is 51.2 Å². The van der Waals surface area contributed by atoms with Gasteiger partial charge in [-0.1, -0.05) is 18.6 Å². The number of rotatable bonds is 4. The summed E-state index contributed by atoms with van der Waals surface area (Å²) < 4.78 is 27.1. The largest absolute Gasteiger partial charge is 0.368 e. The molecule has 2 saturated heterocycles. The van der Waals surface area contributed by atoms with Gasteiger partial charge in [0.2, 0.25) is 10.0 Å². The molecule has 0 aliphatic carbocycles. The van der Waals surface area contributed by atoms with Gasteiger partial charge in [-0.05, 0) is 49.6 Å². The fourth-order valence-electron chi connectivity index (χ4n) is 3.98. The van der Waals surface area contributed by atoms with Crippen LogP contribution in [0.3, 0.4) is 0 Å². The van der Waals surface area contributed by atoms with Gasteiger partial charge in [-0.25, -0.2) is 13.4 Å². The number of piperidine rings is 1. The first-order chi connectivity index (χ1) is 13.5. The Hall–Kier alpha value is -2.12. The lowest BCUT2D eigenvalue weighted by Gasteiger charge is -2.37. The van der Waals surface area contributed by atoms with Crippen LogP contribution < -0.4 is 9.80 Å². The number of hydrogen-bond donors (Lipinski definition) is 0. The highest BCUT2D eigenvalue weighted by Crippen LogP contribution is 2.23. The lowest BCUT2D eigenvalue weighted by atomic mass is 10.2. The Labute approximate surface area is 167 Å². The van der Waals surface area contributed by atoms with Crippen molar-refractivity contribution in [1.82, 2.24) is 9.29 Å². The highest BCUT2D eigenvalue weighted by Gasteiger charge is 2.26. The van der Waals surface area contributed by atoms with Crippen LogP contribution in [0.15, 0.2) is 47.5 Å². The molecule has 2 fully saturated rings. The Morgan fingerprint density at radius 3 is 2.21 bits per heavy atom. The fourth-order valence-corrected chi connectivity index (χ4v) is 5.45. The monoisotopic (exact) mass is 400 g/mol. The van der Waals surface area contributed by atoms with E-state index in [-0.39, 0.29) is 0 Å². The lowest BCUT2D eigenvalue weighted by molar-refractivity contribution is 0.346. The van der Waals surface area contributed by atoms with Crippen molar-refractivity contribution in [1.29, 1.82) is 0 Å². The van der Waals surface area contributed by atoms with Crippen LogP contribution in [-0.4, -0.2) is 57.0 Å². The van der Waals surface area contributed by atoms with Crippen LogP contribution in [0.5, 0.6) is 0 Å². The summed E-state index contributed by atoms with van der Waals surface area (Å²) in [4.78, 5) is 9.39. The van der Waals surface area contributed by atoms with E-state index in [0.717, 1.165) is 51.3 Å². The van der Waals surface area contributed by atoms with Crippen LogP contribution in [0, 0.1) is 6.92 Å². The van der Waals surface area contributed by atoms with Crippen molar-refractivity contribution in [3.05, 3.63) is 48.2 Å². The molecule has 4 rings (SSSR count). The lowest BCUT2D eigenvalue weighted by Crippen LogP contribution is -2.46. The number of pyridine rings is 1. The van der Waals surface area contributed by atoms with E-state index in [1.54, 1.807) is 10.4 Å². The van der Waals surface area contributed by atoms with Gasteiger partial charge in [0.1, 0.15) is 10.7 Å². The van der Waals surface area contributed by atoms with Crippen LogP contribution in [-0.2, 0) is 10.0 Å². The van der Waals surface area contributed by atoms with Crippen molar-refractivity contribution in [3.8, 4) is 0 Å². The number of anilines is 2. The van der Waals surface area contributed by atoms with Gasteiger partial charge in [-0.2, -0.15) is 4.31 Å². The van der Waals surface area contributed by atoms with E-state index in [9.17, 15) is 8.42 Å². The quantitative estimate of drug-likeness (QED) is 0.790. The molecule has 0 N–H and O–H groups in total. The van der Waals surface area contributed by atoms with Crippen molar-refractivity contribution in [3.63, 3.8) is 0 Å². The number of aromatic nitrogens is 1. The number of hydrogen-bond acceptors (Lipinski definition) is 5. The van der Waals surface area contributed by atoms with E-state index in [0.29, 0.717) is 18.0 Å². The van der Waals surface area contributed by atoms with E-state index in [4.69, 9.17) is 0 Å². The Bertz CT molecular complexity index is 900. The third kappa shape index (κ3) is 4.00. The second-order valence-electron chi connectivity index (χ2n) is 7.63. The fraction of sp³-hybridized carbons (Fsp3) is 0.476. The van der Waals surface area contributed by atoms with Crippen LogP contribution in [0.25, 0.3) is 0 Å². The number of aryl methyl sites for hydroxylation is 1. The molecule has 0 amide bonds. The molecule has 0 radical (unpaired) electrons. The summed E-state index contributed by atoms with van der Waals surface area (Å²) in [6, 6.07) is 12.1. The average molecular weight is 401 g/mol. The van der Waals surface area contributed by atoms with Gasteiger partial charge < -0.3 is 9.80 Å². The van der Waals surface area contributed by atoms with Crippen molar-refractivity contribution in [2.45, 2.75) is 31.1 Å². The number of piperazine rings is 1. The smallest absolute Gasteiger partial charge is 0.244 e. The number of nitrogens with zero attached hydrogens (tertiary/aromatic N) is 4. The zero-order valence-corrected chi connectivity index (χ0v) is 17.2. The SMILES string of the molecule is Cc1cccc(N2CCN(c3ccc(S(=O)(=O)N4CCCCC4)cn3)CC2)c1. The molecule has 2 aliphatic heterocycles. The van der Waals surface area contributed by atoms with E-state index < -0.39 is 10.0 Å². The van der Waals surface area contributed by atoms with Crippen LogP contribution in [0.4, 0.5) is 11.5 Å². The molecule has 3 heterocycles. The molecule has 0 unspecified atom stereocenters. The molecule has 0 saturated carbocycles. The summed E-state index contributed by atoms with van der Waals surface area (Å²) in [7, 11) is -3.41. The summed E-state index contributed by atoms with van der Waals surface area (Å²) in [6.07, 6.45) is 4.51. The van der Waals surface area contributed by atoms with E-state index in [1.165, 1.54) is 17.4 Å². The standard InChI is InChI=1S/C21H28N4O2S/c1-18-6-5-7-19(16-18)23-12-14-24(15-13-23)21-9-8-20(17-22-21)28(26,27)25-10-3-2-4-11-25/h5-9,16-17H,2-4,10-15H2,1H3. The van der Waals surface area contributed by atoms with E-state index in [2.05, 4.69) is 46.0 Å². The summed E-state index contributed by atoms with van der Waals surface area (Å²) in [6.45, 7) is 6.95. The maximum absolute atomic E-state index is 12.8. The van der Waals surface area contributed by atoms with Crippen molar-refractivity contribution >= 4 is 21.5 Å². The predicted octanol–water partition coefficient (Wildman–Crippen LogP) is 2.89. The van der Waals surface area contributed by atoms with Gasteiger partial charge >= 0.3 is 0 Å². The maximum atomic E-state index is 12.8. The van der Waals surface area contributed by atoms with Crippen molar-refractivity contribution in [2.24, 2.45) is 0 Å². The highest BCUT2D eigenvalue weighted by atomic mass is 32.2. The first-order valence-corrected chi connectivity index (χ1v) is 11.5. The summed E-state index contributed by atoms with van der Waals surface area (Å²) in [5, 5.41) is 0. The number of benzene rings is 1. The third-order valence-corrected chi connectivity index (χ3v) is 7.53. The van der Waals surface area contributed by atoms with E-state index in [1.807, 2.05) is 6.07 Å². The topological polar surface area (TPSA) is 56.8 Å². The predicted molar refractivity (Wildman–Crippen MR) is 112 cm³/mol. The molecule has 0 spiro atoms. The van der Waals surface area contributed by atoms with Crippen LogP contribution in [0.2, 0.25) is 0 Å². The minimum Gasteiger partial charge on any atom is -0.368 e. The molecule has 7 heteroatoms. The summed E-state index contributed by atoms with van der Waals surface area (Å²) in [5.74, 6) is 0.849. The average Bonchev–Trinajstić information content (AvgIpc) is 2.75. The van der Waals surface area contributed by atoms with Crippen molar-refractivity contribution in [2.75, 3.05) is 49.1 Å². The minimum atomic E-state index is -3.41. The van der Waals surface area contributed by atoms with Crippen LogP contribution >= 0.6 is 0 Å². The normalized spacial score (nSPS) is 19.0. The van der Waals surface area contributed by atoms with Gasteiger partial charge in [0.25, 0.3) is 0 Å². The molecule has 6 nitrogen and oxygen atoms in total. The molecule has 1 aromatic heterocycles. The first kappa shape index (κ1) is 19.2. The Morgan fingerprint density at radius 1 is 0.857 bits per heavy atom. The second-order valence-corrected chi connectivity index (χ2v) is 9.57. The molecule has 0 bridgehead atoms. The molecule has 0 atom stereocenters. The van der Waals surface area contributed by atoms with E-state index >= 15 is 0 Å². The Balaban J connectivity index is 1.41. The summed E-state index contributed by atoms with van der Waals surface area (Å²) >= 11 is 0. The van der Waals surface area contributed by atoms with Gasteiger partial charge in [0.05, 0.1) is 0 Å². The first-order valence-electron chi connectivity index (χ1n) is 10.1. The zero-order chi connectivity index (χ0) is 19.6. The Morgan fingerprint density at radius 2 is 1.57 bits per heavy atom. The molecule has 2 aliphatic rings. The highest BCUT2D eigenvalue weighted by molar-refractivity contribution is 7.89. The van der Waals surface area contributed by atoms with Gasteiger partial charge in [-0.15, -0.1) is 0 Å². The molecule has 2 aromatic rings. The third-order valence-electron chi connectivity index (χ3n) is 5.64. The van der Waals surface area contributed by atoms with Gasteiger partial charge in [-0.3, -0.25) is 0 Å². The maximum Gasteiger partial charge on any atom is 0.244 e. The van der Waals surface area contributed by atoms with Gasteiger partial charge in [0.15, 0.2) is 0 Å². The Kier molecular flexibility index (Phi) is 5.55. The van der Waals surface area contributed by atoms with Crippen LogP contribution in [0.1, 0.15) is 24.8 Å².